The first kappa shape index (κ1) is 16.9. The summed E-state index contributed by atoms with van der Waals surface area (Å²) in [5.41, 5.74) is 0.365. The summed E-state index contributed by atoms with van der Waals surface area (Å²) in [5.74, 6) is 0. The van der Waals surface area contributed by atoms with Crippen LogP contribution < -0.4 is 5.32 Å². The standard InChI is InChI=1S/C16H34N2O/c1-7-8-16(6,11-17-13(2)3)12-18-9-15(5)19-10-14(18)4/h13-15,17H,7-12H2,1-6H3. The summed E-state index contributed by atoms with van der Waals surface area (Å²) < 4.78 is 5.74. The van der Waals surface area contributed by atoms with Gasteiger partial charge in [-0.05, 0) is 25.7 Å². The molecule has 0 aromatic carbocycles. The van der Waals surface area contributed by atoms with Crippen LogP contribution >= 0.6 is 0 Å². The Kier molecular flexibility index (Phi) is 6.78. The normalized spacial score (nSPS) is 28.6. The van der Waals surface area contributed by atoms with Crippen LogP contribution in [0.5, 0.6) is 0 Å². The predicted molar refractivity (Wildman–Crippen MR) is 82.6 cm³/mol. The van der Waals surface area contributed by atoms with Crippen molar-refractivity contribution in [3.05, 3.63) is 0 Å². The molecule has 1 fully saturated rings. The zero-order valence-electron chi connectivity index (χ0n) is 13.8. The Hall–Kier alpha value is -0.120. The number of rotatable bonds is 7. The van der Waals surface area contributed by atoms with Gasteiger partial charge in [-0.3, -0.25) is 4.90 Å². The highest BCUT2D eigenvalue weighted by Crippen LogP contribution is 2.26. The molecule has 3 nitrogen and oxygen atoms in total. The van der Waals surface area contributed by atoms with Gasteiger partial charge in [0.1, 0.15) is 0 Å². The second-order valence-electron chi connectivity index (χ2n) is 7.02. The van der Waals surface area contributed by atoms with E-state index in [1.807, 2.05) is 0 Å². The van der Waals surface area contributed by atoms with Crippen LogP contribution in [0, 0.1) is 5.41 Å². The molecule has 0 bridgehead atoms. The molecule has 3 atom stereocenters. The third kappa shape index (κ3) is 5.80. The Labute approximate surface area is 120 Å². The van der Waals surface area contributed by atoms with Crippen molar-refractivity contribution in [2.24, 2.45) is 5.41 Å². The summed E-state index contributed by atoms with van der Waals surface area (Å²) >= 11 is 0. The van der Waals surface area contributed by atoms with E-state index in [4.69, 9.17) is 4.74 Å². The zero-order chi connectivity index (χ0) is 14.5. The number of nitrogens with zero attached hydrogens (tertiary/aromatic N) is 1. The largest absolute Gasteiger partial charge is 0.376 e. The second kappa shape index (κ2) is 7.61. The lowest BCUT2D eigenvalue weighted by Gasteiger charge is -2.43. The molecule has 1 N–H and O–H groups in total. The maximum absolute atomic E-state index is 5.74. The number of nitrogens with one attached hydrogen (secondary N) is 1. The van der Waals surface area contributed by atoms with Crippen molar-refractivity contribution in [1.82, 2.24) is 10.2 Å². The molecule has 0 aliphatic carbocycles. The highest BCUT2D eigenvalue weighted by Gasteiger charge is 2.31. The van der Waals surface area contributed by atoms with E-state index in [1.165, 1.54) is 19.4 Å². The number of morpholine rings is 1. The van der Waals surface area contributed by atoms with Crippen molar-refractivity contribution in [3.8, 4) is 0 Å². The lowest BCUT2D eigenvalue weighted by atomic mass is 9.84. The van der Waals surface area contributed by atoms with Crippen molar-refractivity contribution in [1.29, 1.82) is 0 Å². The molecule has 1 rings (SSSR count). The molecule has 3 unspecified atom stereocenters. The van der Waals surface area contributed by atoms with Crippen LogP contribution in [0.3, 0.4) is 0 Å². The van der Waals surface area contributed by atoms with Crippen LogP contribution in [-0.2, 0) is 4.74 Å². The first-order chi connectivity index (χ1) is 8.86. The fraction of sp³-hybridized carbons (Fsp3) is 1.00. The van der Waals surface area contributed by atoms with E-state index in [9.17, 15) is 0 Å². The van der Waals surface area contributed by atoms with Crippen LogP contribution in [0.1, 0.15) is 54.4 Å². The summed E-state index contributed by atoms with van der Waals surface area (Å²) in [4.78, 5) is 2.62. The van der Waals surface area contributed by atoms with Gasteiger partial charge in [0.05, 0.1) is 12.7 Å². The third-order valence-corrected chi connectivity index (χ3v) is 4.11. The maximum Gasteiger partial charge on any atom is 0.0674 e. The topological polar surface area (TPSA) is 24.5 Å². The van der Waals surface area contributed by atoms with E-state index in [0.29, 0.717) is 23.6 Å². The molecule has 3 heteroatoms. The highest BCUT2D eigenvalue weighted by molar-refractivity contribution is 4.85. The Morgan fingerprint density at radius 3 is 2.63 bits per heavy atom. The summed E-state index contributed by atoms with van der Waals surface area (Å²) in [5, 5.41) is 3.63. The van der Waals surface area contributed by atoms with Crippen LogP contribution in [-0.4, -0.2) is 49.3 Å². The van der Waals surface area contributed by atoms with Crippen molar-refractivity contribution >= 4 is 0 Å². The van der Waals surface area contributed by atoms with Gasteiger partial charge in [0.2, 0.25) is 0 Å². The smallest absolute Gasteiger partial charge is 0.0674 e. The predicted octanol–water partition coefficient (Wildman–Crippen LogP) is 2.90. The molecule has 19 heavy (non-hydrogen) atoms. The fourth-order valence-electron chi connectivity index (χ4n) is 2.96. The monoisotopic (exact) mass is 270 g/mol. The number of ether oxygens (including phenoxy) is 1. The maximum atomic E-state index is 5.74. The van der Waals surface area contributed by atoms with Crippen LogP contribution in [0.25, 0.3) is 0 Å². The molecule has 0 amide bonds. The van der Waals surface area contributed by atoms with E-state index in [-0.39, 0.29) is 0 Å². The summed E-state index contributed by atoms with van der Waals surface area (Å²) in [7, 11) is 0. The average molecular weight is 270 g/mol. The highest BCUT2D eigenvalue weighted by atomic mass is 16.5. The minimum absolute atomic E-state index is 0.365. The van der Waals surface area contributed by atoms with Gasteiger partial charge in [-0.1, -0.05) is 34.1 Å². The van der Waals surface area contributed by atoms with Crippen LogP contribution in [0.15, 0.2) is 0 Å². The molecule has 1 heterocycles. The molecule has 0 spiro atoms. The molecule has 0 saturated carbocycles. The first-order valence-electron chi connectivity index (χ1n) is 7.95. The minimum Gasteiger partial charge on any atom is -0.376 e. The van der Waals surface area contributed by atoms with Crippen LogP contribution in [0.2, 0.25) is 0 Å². The number of hydrogen-bond donors (Lipinski definition) is 1. The summed E-state index contributed by atoms with van der Waals surface area (Å²) in [6, 6.07) is 1.11. The van der Waals surface area contributed by atoms with Gasteiger partial charge in [0, 0.05) is 31.7 Å². The zero-order valence-corrected chi connectivity index (χ0v) is 13.8. The van der Waals surface area contributed by atoms with Crippen molar-refractivity contribution in [3.63, 3.8) is 0 Å². The molecular weight excluding hydrogens is 236 g/mol. The van der Waals surface area contributed by atoms with Gasteiger partial charge in [-0.25, -0.2) is 0 Å². The molecule has 0 radical (unpaired) electrons. The Morgan fingerprint density at radius 2 is 2.05 bits per heavy atom. The van der Waals surface area contributed by atoms with E-state index in [1.54, 1.807) is 0 Å². The Morgan fingerprint density at radius 1 is 1.37 bits per heavy atom. The van der Waals surface area contributed by atoms with E-state index in [2.05, 4.69) is 51.8 Å². The fourth-order valence-corrected chi connectivity index (χ4v) is 2.96. The third-order valence-electron chi connectivity index (χ3n) is 4.11. The molecule has 0 aromatic rings. The van der Waals surface area contributed by atoms with Crippen molar-refractivity contribution in [2.45, 2.75) is 72.6 Å². The quantitative estimate of drug-likeness (QED) is 0.770. The van der Waals surface area contributed by atoms with Gasteiger partial charge in [-0.2, -0.15) is 0 Å². The van der Waals surface area contributed by atoms with Gasteiger partial charge in [0.15, 0.2) is 0 Å². The molecular formula is C16H34N2O. The van der Waals surface area contributed by atoms with Crippen molar-refractivity contribution < 1.29 is 4.74 Å². The van der Waals surface area contributed by atoms with E-state index in [0.717, 1.165) is 19.7 Å². The minimum atomic E-state index is 0.365. The van der Waals surface area contributed by atoms with Crippen LogP contribution in [0.4, 0.5) is 0 Å². The Bertz CT molecular complexity index is 257. The lowest BCUT2D eigenvalue weighted by molar-refractivity contribution is -0.0624. The van der Waals surface area contributed by atoms with Crippen molar-refractivity contribution in [2.75, 3.05) is 26.2 Å². The van der Waals surface area contributed by atoms with E-state index < -0.39 is 0 Å². The SMILES string of the molecule is CCCC(C)(CNC(C)C)CN1CC(C)OCC1C. The molecule has 1 aliphatic rings. The summed E-state index contributed by atoms with van der Waals surface area (Å²) in [6.45, 7) is 17.9. The number of hydrogen-bond acceptors (Lipinski definition) is 3. The second-order valence-corrected chi connectivity index (χ2v) is 7.02. The van der Waals surface area contributed by atoms with Gasteiger partial charge in [-0.15, -0.1) is 0 Å². The molecule has 1 saturated heterocycles. The van der Waals surface area contributed by atoms with Gasteiger partial charge >= 0.3 is 0 Å². The first-order valence-corrected chi connectivity index (χ1v) is 7.95. The molecule has 114 valence electrons. The molecule has 1 aliphatic heterocycles. The van der Waals surface area contributed by atoms with Gasteiger partial charge < -0.3 is 10.1 Å². The van der Waals surface area contributed by atoms with E-state index >= 15 is 0 Å². The molecule has 0 aromatic heterocycles. The summed E-state index contributed by atoms with van der Waals surface area (Å²) in [6.07, 6.45) is 2.91. The van der Waals surface area contributed by atoms with Gasteiger partial charge in [0.25, 0.3) is 0 Å². The lowest BCUT2D eigenvalue weighted by Crippen LogP contribution is -2.53. The Balaban J connectivity index is 2.59. The average Bonchev–Trinajstić information content (AvgIpc) is 2.32.